The maximum atomic E-state index is 12.2. The molecule has 0 saturated carbocycles. The molecule has 0 radical (unpaired) electrons. The summed E-state index contributed by atoms with van der Waals surface area (Å²) in [5, 5.41) is 5.77. The van der Waals surface area contributed by atoms with Gasteiger partial charge in [-0.25, -0.2) is 0 Å². The van der Waals surface area contributed by atoms with Gasteiger partial charge in [0.1, 0.15) is 0 Å². The first-order valence-corrected chi connectivity index (χ1v) is 8.04. The Morgan fingerprint density at radius 2 is 1.58 bits per heavy atom. The van der Waals surface area contributed by atoms with Crippen LogP contribution in [0.1, 0.15) is 31.9 Å². The van der Waals surface area contributed by atoms with E-state index in [0.717, 1.165) is 11.1 Å². The highest BCUT2D eigenvalue weighted by atomic mass is 35.5. The molecule has 2 aromatic carbocycles. The molecule has 0 spiro atoms. The molecular formula is C19H21ClN2O2. The van der Waals surface area contributed by atoms with Gasteiger partial charge in [0.15, 0.2) is 0 Å². The molecule has 0 aliphatic rings. The maximum absolute atomic E-state index is 12.2. The molecule has 2 rings (SSSR count). The van der Waals surface area contributed by atoms with E-state index in [4.69, 9.17) is 11.6 Å². The number of amides is 2. The van der Waals surface area contributed by atoms with E-state index in [0.29, 0.717) is 16.4 Å². The van der Waals surface area contributed by atoms with E-state index in [-0.39, 0.29) is 5.41 Å². The smallest absolute Gasteiger partial charge is 0.314 e. The van der Waals surface area contributed by atoms with Crippen LogP contribution in [0.15, 0.2) is 42.5 Å². The van der Waals surface area contributed by atoms with Crippen LogP contribution in [0.5, 0.6) is 0 Å². The van der Waals surface area contributed by atoms with Crippen LogP contribution in [0.25, 0.3) is 0 Å². The zero-order chi connectivity index (χ0) is 17.9. The summed E-state index contributed by atoms with van der Waals surface area (Å²) in [5.74, 6) is -1.46. The fourth-order valence-electron chi connectivity index (χ4n) is 2.28. The van der Waals surface area contributed by atoms with Crippen molar-refractivity contribution in [1.29, 1.82) is 0 Å². The van der Waals surface area contributed by atoms with E-state index in [9.17, 15) is 9.59 Å². The number of hydrogen-bond acceptors (Lipinski definition) is 2. The molecule has 0 fully saturated rings. The summed E-state index contributed by atoms with van der Waals surface area (Å²) < 4.78 is 0. The van der Waals surface area contributed by atoms with Crippen LogP contribution in [0, 0.1) is 6.92 Å². The van der Waals surface area contributed by atoms with Crippen LogP contribution >= 0.6 is 11.6 Å². The summed E-state index contributed by atoms with van der Waals surface area (Å²) >= 11 is 6.03. The van der Waals surface area contributed by atoms with Crippen LogP contribution < -0.4 is 10.6 Å². The summed E-state index contributed by atoms with van der Waals surface area (Å²) in [7, 11) is 0. The fourth-order valence-corrected chi connectivity index (χ4v) is 2.46. The fraction of sp³-hybridized carbons (Fsp3) is 0.263. The number of benzene rings is 2. The molecule has 0 unspecified atom stereocenters. The Morgan fingerprint density at radius 1 is 0.958 bits per heavy atom. The second-order valence-corrected chi connectivity index (χ2v) is 7.07. The number of hydrogen-bond donors (Lipinski definition) is 2. The monoisotopic (exact) mass is 344 g/mol. The van der Waals surface area contributed by atoms with Gasteiger partial charge in [0.2, 0.25) is 0 Å². The highest BCUT2D eigenvalue weighted by molar-refractivity contribution is 6.43. The predicted octanol–water partition coefficient (Wildman–Crippen LogP) is 4.52. The van der Waals surface area contributed by atoms with Gasteiger partial charge < -0.3 is 10.6 Å². The largest absolute Gasteiger partial charge is 0.318 e. The predicted molar refractivity (Wildman–Crippen MR) is 98.6 cm³/mol. The normalized spacial score (nSPS) is 11.0. The number of halogens is 1. The Labute approximate surface area is 147 Å². The van der Waals surface area contributed by atoms with Gasteiger partial charge in [-0.05, 0) is 41.7 Å². The molecule has 0 aromatic heterocycles. The standard InChI is InChI=1S/C19H21ClN2O2/c1-12-9-10-13(11-15(12)20)21-17(23)18(24)22-16-8-6-5-7-14(16)19(2,3)4/h5-11H,1-4H3,(H,21,23)(H,22,24). The Balaban J connectivity index is 2.12. The minimum absolute atomic E-state index is 0.148. The number of nitrogens with one attached hydrogen (secondary N) is 2. The zero-order valence-corrected chi connectivity index (χ0v) is 15.0. The van der Waals surface area contributed by atoms with Crippen molar-refractivity contribution in [3.8, 4) is 0 Å². The highest BCUT2D eigenvalue weighted by Gasteiger charge is 2.21. The molecular weight excluding hydrogens is 324 g/mol. The van der Waals surface area contributed by atoms with E-state index < -0.39 is 11.8 Å². The van der Waals surface area contributed by atoms with Crippen molar-refractivity contribution >= 4 is 34.8 Å². The minimum atomic E-state index is -0.737. The van der Waals surface area contributed by atoms with Gasteiger partial charge in [0, 0.05) is 16.4 Å². The second-order valence-electron chi connectivity index (χ2n) is 6.67. The molecule has 5 heteroatoms. The third-order valence-electron chi connectivity index (χ3n) is 3.62. The lowest BCUT2D eigenvalue weighted by molar-refractivity contribution is -0.133. The van der Waals surface area contributed by atoms with Crippen LogP contribution in [-0.4, -0.2) is 11.8 Å². The quantitative estimate of drug-likeness (QED) is 0.787. The molecule has 0 aliphatic heterocycles. The molecule has 0 bridgehead atoms. The number of carbonyl (C=O) groups excluding carboxylic acids is 2. The first-order chi connectivity index (χ1) is 11.2. The van der Waals surface area contributed by atoms with Crippen molar-refractivity contribution in [3.05, 3.63) is 58.6 Å². The Hall–Kier alpha value is -2.33. The van der Waals surface area contributed by atoms with Crippen molar-refractivity contribution < 1.29 is 9.59 Å². The van der Waals surface area contributed by atoms with E-state index in [2.05, 4.69) is 10.6 Å². The zero-order valence-electron chi connectivity index (χ0n) is 14.2. The number of para-hydroxylation sites is 1. The molecule has 2 amide bonds. The first-order valence-electron chi connectivity index (χ1n) is 7.66. The lowest BCUT2D eigenvalue weighted by Gasteiger charge is -2.22. The highest BCUT2D eigenvalue weighted by Crippen LogP contribution is 2.29. The van der Waals surface area contributed by atoms with Crippen molar-refractivity contribution in [2.75, 3.05) is 10.6 Å². The lowest BCUT2D eigenvalue weighted by Crippen LogP contribution is -2.30. The van der Waals surface area contributed by atoms with Gasteiger partial charge in [0.05, 0.1) is 0 Å². The Kier molecular flexibility index (Phi) is 5.30. The van der Waals surface area contributed by atoms with E-state index in [1.165, 1.54) is 0 Å². The topological polar surface area (TPSA) is 58.2 Å². The third-order valence-corrected chi connectivity index (χ3v) is 4.03. The van der Waals surface area contributed by atoms with Gasteiger partial charge in [-0.15, -0.1) is 0 Å². The van der Waals surface area contributed by atoms with Crippen LogP contribution in [-0.2, 0) is 15.0 Å². The average Bonchev–Trinajstić information content (AvgIpc) is 2.50. The molecule has 4 nitrogen and oxygen atoms in total. The summed E-state index contributed by atoms with van der Waals surface area (Å²) in [6, 6.07) is 12.6. The molecule has 2 N–H and O–H groups in total. The van der Waals surface area contributed by atoms with Crippen molar-refractivity contribution in [1.82, 2.24) is 0 Å². The molecule has 2 aromatic rings. The number of aryl methyl sites for hydroxylation is 1. The van der Waals surface area contributed by atoms with Crippen molar-refractivity contribution in [2.24, 2.45) is 0 Å². The van der Waals surface area contributed by atoms with Gasteiger partial charge >= 0.3 is 11.8 Å². The SMILES string of the molecule is Cc1ccc(NC(=O)C(=O)Nc2ccccc2C(C)(C)C)cc1Cl. The van der Waals surface area contributed by atoms with Gasteiger partial charge in [-0.2, -0.15) is 0 Å². The van der Waals surface area contributed by atoms with E-state index in [1.807, 2.05) is 45.9 Å². The lowest BCUT2D eigenvalue weighted by atomic mass is 9.86. The Morgan fingerprint density at radius 3 is 2.21 bits per heavy atom. The summed E-state index contributed by atoms with van der Waals surface area (Å²) in [4.78, 5) is 24.3. The number of rotatable bonds is 2. The van der Waals surface area contributed by atoms with Gasteiger partial charge in [-0.1, -0.05) is 56.6 Å². The molecule has 0 saturated heterocycles. The third kappa shape index (κ3) is 4.36. The average molecular weight is 345 g/mol. The van der Waals surface area contributed by atoms with Crippen LogP contribution in [0.2, 0.25) is 5.02 Å². The Bertz CT molecular complexity index is 779. The maximum Gasteiger partial charge on any atom is 0.314 e. The van der Waals surface area contributed by atoms with Gasteiger partial charge in [0.25, 0.3) is 0 Å². The molecule has 0 aliphatic carbocycles. The van der Waals surface area contributed by atoms with Gasteiger partial charge in [-0.3, -0.25) is 9.59 Å². The molecule has 0 heterocycles. The number of carbonyl (C=O) groups is 2. The number of anilines is 2. The summed E-state index contributed by atoms with van der Waals surface area (Å²) in [5.41, 5.74) is 2.83. The van der Waals surface area contributed by atoms with Crippen molar-refractivity contribution in [3.63, 3.8) is 0 Å². The molecule has 24 heavy (non-hydrogen) atoms. The summed E-state index contributed by atoms with van der Waals surface area (Å²) in [6.45, 7) is 8.01. The van der Waals surface area contributed by atoms with E-state index in [1.54, 1.807) is 24.3 Å². The van der Waals surface area contributed by atoms with Crippen LogP contribution in [0.4, 0.5) is 11.4 Å². The minimum Gasteiger partial charge on any atom is -0.318 e. The summed E-state index contributed by atoms with van der Waals surface area (Å²) in [6.07, 6.45) is 0. The first kappa shape index (κ1) is 18.0. The van der Waals surface area contributed by atoms with E-state index >= 15 is 0 Å². The second kappa shape index (κ2) is 7.05. The molecule has 126 valence electrons. The van der Waals surface area contributed by atoms with Crippen LogP contribution in [0.3, 0.4) is 0 Å². The molecule has 0 atom stereocenters. The van der Waals surface area contributed by atoms with Crippen molar-refractivity contribution in [2.45, 2.75) is 33.1 Å².